The first-order valence-electron chi connectivity index (χ1n) is 4.15. The van der Waals surface area contributed by atoms with Crippen LogP contribution in [-0.4, -0.2) is 29.3 Å². The number of carbonyl (C=O) groups excluding carboxylic acids is 1. The Bertz CT molecular complexity index is 305. The average Bonchev–Trinajstić information content (AvgIpc) is 2.68. The van der Waals surface area contributed by atoms with E-state index in [1.54, 1.807) is 13.8 Å². The van der Waals surface area contributed by atoms with Crippen LogP contribution in [0.5, 0.6) is 0 Å². The lowest BCUT2D eigenvalue weighted by Crippen LogP contribution is -2.40. The van der Waals surface area contributed by atoms with Crippen LogP contribution < -0.4 is 0 Å². The van der Waals surface area contributed by atoms with Gasteiger partial charge in [-0.05, 0) is 13.8 Å². The molecule has 5 heteroatoms. The number of hydrogen-bond donors (Lipinski definition) is 1. The van der Waals surface area contributed by atoms with E-state index in [-0.39, 0.29) is 0 Å². The Morgan fingerprint density at radius 1 is 1.71 bits per heavy atom. The average molecular weight is 199 g/mol. The van der Waals surface area contributed by atoms with Crippen LogP contribution in [0.25, 0.3) is 0 Å². The van der Waals surface area contributed by atoms with E-state index in [9.17, 15) is 9.90 Å². The van der Waals surface area contributed by atoms with Gasteiger partial charge in [0.1, 0.15) is 5.76 Å². The van der Waals surface area contributed by atoms with Crippen molar-refractivity contribution in [3.05, 3.63) is 18.4 Å². The zero-order chi connectivity index (χ0) is 10.8. The minimum Gasteiger partial charge on any atom is -0.467 e. The second-order valence-corrected chi connectivity index (χ2v) is 3.51. The summed E-state index contributed by atoms with van der Waals surface area (Å²) in [5.74, 6) is -0.248. The molecule has 1 atom stereocenters. The second-order valence-electron chi connectivity index (χ2n) is 3.51. The van der Waals surface area contributed by atoms with Crippen molar-refractivity contribution in [3.63, 3.8) is 0 Å². The zero-order valence-corrected chi connectivity index (χ0v) is 8.35. The first kappa shape index (κ1) is 10.7. The number of rotatable bonds is 3. The normalized spacial score (nSPS) is 13.7. The maximum absolute atomic E-state index is 11.1. The number of aliphatic hydroxyl groups excluding tert-OH is 1. The number of carbonyl (C=O) groups is 1. The quantitative estimate of drug-likeness (QED) is 0.717. The molecule has 0 aliphatic rings. The van der Waals surface area contributed by atoms with Crippen molar-refractivity contribution in [1.29, 1.82) is 0 Å². The first-order valence-corrected chi connectivity index (χ1v) is 4.15. The molecular weight excluding hydrogens is 186 g/mol. The highest BCUT2D eigenvalue weighted by Gasteiger charge is 2.38. The van der Waals surface area contributed by atoms with Gasteiger partial charge in [0.2, 0.25) is 0 Å². The molecule has 14 heavy (non-hydrogen) atoms. The van der Waals surface area contributed by atoms with E-state index < -0.39 is 17.5 Å². The maximum atomic E-state index is 11.1. The van der Waals surface area contributed by atoms with Crippen molar-refractivity contribution in [3.8, 4) is 0 Å². The van der Waals surface area contributed by atoms with E-state index in [0.29, 0.717) is 5.76 Å². The summed E-state index contributed by atoms with van der Waals surface area (Å²) in [7, 11) is 1.22. The molecule has 1 aromatic heterocycles. The predicted octanol–water partition coefficient (Wildman–Crippen LogP) is 0.486. The van der Waals surface area contributed by atoms with Gasteiger partial charge in [0.15, 0.2) is 12.5 Å². The summed E-state index contributed by atoms with van der Waals surface area (Å²) in [4.78, 5) is 14.8. The summed E-state index contributed by atoms with van der Waals surface area (Å²) in [5.41, 5.74) is -0.844. The molecule has 78 valence electrons. The molecule has 1 N–H and O–H groups in total. The summed E-state index contributed by atoms with van der Waals surface area (Å²) in [6.45, 7) is 3.35. The lowest BCUT2D eigenvalue weighted by atomic mass is 9.84. The largest absolute Gasteiger partial charge is 0.467 e. The van der Waals surface area contributed by atoms with Crippen molar-refractivity contribution >= 4 is 5.97 Å². The van der Waals surface area contributed by atoms with Gasteiger partial charge in [-0.2, -0.15) is 0 Å². The monoisotopic (exact) mass is 199 g/mol. The Hall–Kier alpha value is -1.36. The molecule has 0 aromatic carbocycles. The van der Waals surface area contributed by atoms with Crippen LogP contribution in [0.3, 0.4) is 0 Å². The SMILES string of the molecule is COC(=O)C(O)C(C)(C)c1cnco1. The van der Waals surface area contributed by atoms with E-state index in [0.717, 1.165) is 0 Å². The third-order valence-electron chi connectivity index (χ3n) is 2.18. The number of aliphatic hydroxyl groups is 1. The van der Waals surface area contributed by atoms with Crippen LogP contribution in [0.1, 0.15) is 19.6 Å². The summed E-state index contributed by atoms with van der Waals surface area (Å²) in [5, 5.41) is 9.65. The van der Waals surface area contributed by atoms with E-state index in [1.165, 1.54) is 19.7 Å². The summed E-state index contributed by atoms with van der Waals surface area (Å²) >= 11 is 0. The van der Waals surface area contributed by atoms with E-state index in [2.05, 4.69) is 9.72 Å². The molecule has 0 saturated carbocycles. The molecule has 0 bridgehead atoms. The minimum absolute atomic E-state index is 0.440. The molecule has 0 amide bonds. The Balaban J connectivity index is 2.90. The number of hydrogen-bond acceptors (Lipinski definition) is 5. The van der Waals surface area contributed by atoms with Gasteiger partial charge >= 0.3 is 5.97 Å². The standard InChI is InChI=1S/C9H13NO4/c1-9(2,6-4-10-5-14-6)7(11)8(12)13-3/h4-5,7,11H,1-3H3. The zero-order valence-electron chi connectivity index (χ0n) is 8.35. The third-order valence-corrected chi connectivity index (χ3v) is 2.18. The molecule has 0 radical (unpaired) electrons. The predicted molar refractivity (Wildman–Crippen MR) is 47.6 cm³/mol. The fraction of sp³-hybridized carbons (Fsp3) is 0.556. The molecule has 0 aliphatic carbocycles. The van der Waals surface area contributed by atoms with Crippen molar-refractivity contribution in [2.45, 2.75) is 25.4 Å². The maximum Gasteiger partial charge on any atom is 0.335 e. The van der Waals surface area contributed by atoms with Crippen molar-refractivity contribution < 1.29 is 19.1 Å². The molecule has 1 unspecified atom stereocenters. The van der Waals surface area contributed by atoms with Gasteiger partial charge in [-0.25, -0.2) is 9.78 Å². The molecule has 1 heterocycles. The van der Waals surface area contributed by atoms with E-state index in [4.69, 9.17) is 4.42 Å². The van der Waals surface area contributed by atoms with Crippen molar-refractivity contribution in [1.82, 2.24) is 4.98 Å². The van der Waals surface area contributed by atoms with Crippen molar-refractivity contribution in [2.75, 3.05) is 7.11 Å². The van der Waals surface area contributed by atoms with Crippen LogP contribution in [0.15, 0.2) is 17.0 Å². The molecule has 0 saturated heterocycles. The smallest absolute Gasteiger partial charge is 0.335 e. The number of aromatic nitrogens is 1. The van der Waals surface area contributed by atoms with Crippen LogP contribution >= 0.6 is 0 Å². The Kier molecular flexibility index (Phi) is 2.90. The Morgan fingerprint density at radius 2 is 2.36 bits per heavy atom. The number of ether oxygens (including phenoxy) is 1. The topological polar surface area (TPSA) is 72.6 Å². The molecule has 1 aromatic rings. The molecule has 5 nitrogen and oxygen atoms in total. The molecular formula is C9H13NO4. The van der Waals surface area contributed by atoms with Crippen LogP contribution in [0.2, 0.25) is 0 Å². The molecule has 0 fully saturated rings. The minimum atomic E-state index is -1.26. The van der Waals surface area contributed by atoms with Gasteiger partial charge in [0.05, 0.1) is 18.7 Å². The highest BCUT2D eigenvalue weighted by atomic mass is 16.5. The van der Waals surface area contributed by atoms with Crippen LogP contribution in [-0.2, 0) is 14.9 Å². The Morgan fingerprint density at radius 3 is 2.79 bits per heavy atom. The number of oxazole rings is 1. The lowest BCUT2D eigenvalue weighted by Gasteiger charge is -2.25. The lowest BCUT2D eigenvalue weighted by molar-refractivity contribution is -0.154. The second kappa shape index (κ2) is 3.79. The van der Waals surface area contributed by atoms with Gasteiger partial charge in [0.25, 0.3) is 0 Å². The molecule has 0 spiro atoms. The van der Waals surface area contributed by atoms with Gasteiger partial charge < -0.3 is 14.3 Å². The fourth-order valence-electron chi connectivity index (χ4n) is 1.08. The highest BCUT2D eigenvalue weighted by molar-refractivity contribution is 5.76. The first-order chi connectivity index (χ1) is 6.50. The fourth-order valence-corrected chi connectivity index (χ4v) is 1.08. The summed E-state index contributed by atoms with van der Waals surface area (Å²) in [6, 6.07) is 0. The van der Waals surface area contributed by atoms with Crippen molar-refractivity contribution in [2.24, 2.45) is 0 Å². The number of nitrogens with zero attached hydrogens (tertiary/aromatic N) is 1. The number of methoxy groups -OCH3 is 1. The van der Waals surface area contributed by atoms with E-state index >= 15 is 0 Å². The highest BCUT2D eigenvalue weighted by Crippen LogP contribution is 2.27. The number of esters is 1. The third kappa shape index (κ3) is 1.77. The van der Waals surface area contributed by atoms with Gasteiger partial charge in [0, 0.05) is 0 Å². The van der Waals surface area contributed by atoms with Crippen LogP contribution in [0.4, 0.5) is 0 Å². The Labute approximate surface area is 81.7 Å². The van der Waals surface area contributed by atoms with E-state index in [1.807, 2.05) is 0 Å². The van der Waals surface area contributed by atoms with Gasteiger partial charge in [-0.15, -0.1) is 0 Å². The van der Waals surface area contributed by atoms with Gasteiger partial charge in [-0.3, -0.25) is 0 Å². The van der Waals surface area contributed by atoms with Gasteiger partial charge in [-0.1, -0.05) is 0 Å². The summed E-state index contributed by atoms with van der Waals surface area (Å²) < 4.78 is 9.48. The van der Waals surface area contributed by atoms with Crippen LogP contribution in [0, 0.1) is 0 Å². The summed E-state index contributed by atoms with van der Waals surface area (Å²) in [6.07, 6.45) is 1.45. The molecule has 0 aliphatic heterocycles. The molecule has 1 rings (SSSR count).